The molecular weight excluding hydrogens is 202 g/mol. The Kier molecular flexibility index (Phi) is 4.35. The average Bonchev–Trinajstić information content (AvgIpc) is 2.64. The zero-order chi connectivity index (χ0) is 11.5. The summed E-state index contributed by atoms with van der Waals surface area (Å²) in [6, 6.07) is 5.40. The molecule has 0 saturated heterocycles. The second-order valence-electron chi connectivity index (χ2n) is 5.23. The SMILES string of the molecule is CCC(NC(C)C(C)(C)C)c1cccs1. The minimum atomic E-state index is 0.324. The van der Waals surface area contributed by atoms with Crippen molar-refractivity contribution in [1.82, 2.24) is 5.32 Å². The highest BCUT2D eigenvalue weighted by atomic mass is 32.1. The lowest BCUT2D eigenvalue weighted by molar-refractivity contribution is 0.262. The van der Waals surface area contributed by atoms with Gasteiger partial charge in [0.15, 0.2) is 0 Å². The first-order valence-corrected chi connectivity index (χ1v) is 6.62. The maximum absolute atomic E-state index is 3.72. The van der Waals surface area contributed by atoms with Crippen molar-refractivity contribution in [3.8, 4) is 0 Å². The second-order valence-corrected chi connectivity index (χ2v) is 6.21. The van der Waals surface area contributed by atoms with Gasteiger partial charge in [-0.25, -0.2) is 0 Å². The molecule has 0 fully saturated rings. The van der Waals surface area contributed by atoms with Crippen LogP contribution in [0.25, 0.3) is 0 Å². The molecule has 1 aromatic heterocycles. The smallest absolute Gasteiger partial charge is 0.0414 e. The van der Waals surface area contributed by atoms with Gasteiger partial charge in [-0.15, -0.1) is 11.3 Å². The lowest BCUT2D eigenvalue weighted by Gasteiger charge is -2.31. The molecule has 1 N–H and O–H groups in total. The highest BCUT2D eigenvalue weighted by Crippen LogP contribution is 2.26. The van der Waals surface area contributed by atoms with Crippen LogP contribution in [0.3, 0.4) is 0 Å². The summed E-state index contributed by atoms with van der Waals surface area (Å²) in [5, 5.41) is 5.87. The molecular formula is C13H23NS. The van der Waals surface area contributed by atoms with Crippen LogP contribution in [-0.4, -0.2) is 6.04 Å². The van der Waals surface area contributed by atoms with E-state index < -0.39 is 0 Å². The second kappa shape index (κ2) is 5.13. The zero-order valence-electron chi connectivity index (χ0n) is 10.5. The van der Waals surface area contributed by atoms with E-state index in [1.165, 1.54) is 4.88 Å². The fraction of sp³-hybridized carbons (Fsp3) is 0.692. The van der Waals surface area contributed by atoms with Crippen molar-refractivity contribution in [2.24, 2.45) is 5.41 Å². The van der Waals surface area contributed by atoms with Gasteiger partial charge >= 0.3 is 0 Å². The normalized spacial score (nSPS) is 16.3. The van der Waals surface area contributed by atoms with E-state index in [2.05, 4.69) is 57.4 Å². The molecule has 86 valence electrons. The first-order chi connectivity index (χ1) is 6.95. The number of hydrogen-bond acceptors (Lipinski definition) is 2. The Bertz CT molecular complexity index is 271. The van der Waals surface area contributed by atoms with E-state index in [1.54, 1.807) is 0 Å². The van der Waals surface area contributed by atoms with Crippen molar-refractivity contribution in [3.05, 3.63) is 22.4 Å². The molecule has 1 rings (SSSR count). The fourth-order valence-corrected chi connectivity index (χ4v) is 2.31. The van der Waals surface area contributed by atoms with E-state index in [4.69, 9.17) is 0 Å². The average molecular weight is 225 g/mol. The summed E-state index contributed by atoms with van der Waals surface area (Å²) in [6.45, 7) is 11.4. The highest BCUT2D eigenvalue weighted by molar-refractivity contribution is 7.10. The zero-order valence-corrected chi connectivity index (χ0v) is 11.3. The third kappa shape index (κ3) is 3.62. The largest absolute Gasteiger partial charge is 0.306 e. The molecule has 0 saturated carbocycles. The summed E-state index contributed by atoms with van der Waals surface area (Å²) in [7, 11) is 0. The van der Waals surface area contributed by atoms with Gasteiger partial charge in [0, 0.05) is 17.0 Å². The summed E-state index contributed by atoms with van der Waals surface area (Å²) in [5.41, 5.74) is 0.324. The van der Waals surface area contributed by atoms with Gasteiger partial charge in [0.25, 0.3) is 0 Å². The summed E-state index contributed by atoms with van der Waals surface area (Å²) in [5.74, 6) is 0. The van der Waals surface area contributed by atoms with Gasteiger partial charge in [0.05, 0.1) is 0 Å². The van der Waals surface area contributed by atoms with Crippen LogP contribution in [0.2, 0.25) is 0 Å². The Morgan fingerprint density at radius 2 is 2.07 bits per heavy atom. The molecule has 15 heavy (non-hydrogen) atoms. The van der Waals surface area contributed by atoms with Crippen LogP contribution in [0, 0.1) is 5.41 Å². The number of nitrogens with one attached hydrogen (secondary N) is 1. The van der Waals surface area contributed by atoms with Crippen LogP contribution in [0.4, 0.5) is 0 Å². The molecule has 0 aromatic carbocycles. The van der Waals surface area contributed by atoms with E-state index in [1.807, 2.05) is 11.3 Å². The van der Waals surface area contributed by atoms with Crippen LogP contribution in [0.15, 0.2) is 17.5 Å². The number of hydrogen-bond donors (Lipinski definition) is 1. The van der Waals surface area contributed by atoms with E-state index in [9.17, 15) is 0 Å². The maximum Gasteiger partial charge on any atom is 0.0414 e. The predicted molar refractivity (Wildman–Crippen MR) is 69.4 cm³/mol. The van der Waals surface area contributed by atoms with Gasteiger partial charge in [-0.05, 0) is 30.2 Å². The molecule has 1 nitrogen and oxygen atoms in total. The third-order valence-electron chi connectivity index (χ3n) is 3.05. The number of rotatable bonds is 4. The van der Waals surface area contributed by atoms with E-state index in [0.717, 1.165) is 6.42 Å². The van der Waals surface area contributed by atoms with Crippen molar-refractivity contribution in [3.63, 3.8) is 0 Å². The molecule has 0 aliphatic carbocycles. The van der Waals surface area contributed by atoms with Crippen molar-refractivity contribution >= 4 is 11.3 Å². The third-order valence-corrected chi connectivity index (χ3v) is 4.03. The Morgan fingerprint density at radius 1 is 1.40 bits per heavy atom. The van der Waals surface area contributed by atoms with Gasteiger partial charge in [-0.3, -0.25) is 0 Å². The van der Waals surface area contributed by atoms with Crippen LogP contribution in [0.1, 0.15) is 52.0 Å². The van der Waals surface area contributed by atoms with Crippen LogP contribution in [-0.2, 0) is 0 Å². The highest BCUT2D eigenvalue weighted by Gasteiger charge is 2.22. The van der Waals surface area contributed by atoms with Gasteiger partial charge in [-0.2, -0.15) is 0 Å². The van der Waals surface area contributed by atoms with Crippen molar-refractivity contribution in [1.29, 1.82) is 0 Å². The van der Waals surface area contributed by atoms with Gasteiger partial charge in [0.2, 0.25) is 0 Å². The van der Waals surface area contributed by atoms with Crippen LogP contribution in [0.5, 0.6) is 0 Å². The molecule has 0 aliphatic rings. The fourth-order valence-electron chi connectivity index (χ4n) is 1.44. The summed E-state index contributed by atoms with van der Waals surface area (Å²) < 4.78 is 0. The molecule has 1 heterocycles. The minimum absolute atomic E-state index is 0.324. The lowest BCUT2D eigenvalue weighted by Crippen LogP contribution is -2.39. The first kappa shape index (κ1) is 12.7. The number of thiophene rings is 1. The maximum atomic E-state index is 3.72. The molecule has 0 spiro atoms. The van der Waals surface area contributed by atoms with Crippen molar-refractivity contribution < 1.29 is 0 Å². The molecule has 2 atom stereocenters. The Hall–Kier alpha value is -0.340. The standard InChI is InChI=1S/C13H23NS/c1-6-11(12-8-7-9-15-12)14-10(2)13(3,4)5/h7-11,14H,6H2,1-5H3. The molecule has 0 bridgehead atoms. The monoisotopic (exact) mass is 225 g/mol. The molecule has 2 unspecified atom stereocenters. The predicted octanol–water partition coefficient (Wildman–Crippen LogP) is 4.22. The summed E-state index contributed by atoms with van der Waals surface area (Å²) in [4.78, 5) is 1.45. The molecule has 1 aromatic rings. The molecule has 0 radical (unpaired) electrons. The van der Waals surface area contributed by atoms with Crippen LogP contribution < -0.4 is 5.32 Å². The quantitative estimate of drug-likeness (QED) is 0.809. The Balaban J connectivity index is 2.63. The summed E-state index contributed by atoms with van der Waals surface area (Å²) >= 11 is 1.85. The molecule has 0 aliphatic heterocycles. The Morgan fingerprint density at radius 3 is 2.47 bits per heavy atom. The van der Waals surface area contributed by atoms with E-state index in [-0.39, 0.29) is 0 Å². The lowest BCUT2D eigenvalue weighted by atomic mass is 9.87. The first-order valence-electron chi connectivity index (χ1n) is 5.74. The minimum Gasteiger partial charge on any atom is -0.306 e. The van der Waals surface area contributed by atoms with Gasteiger partial charge in [0.1, 0.15) is 0 Å². The van der Waals surface area contributed by atoms with Crippen LogP contribution >= 0.6 is 11.3 Å². The summed E-state index contributed by atoms with van der Waals surface area (Å²) in [6.07, 6.45) is 1.15. The topological polar surface area (TPSA) is 12.0 Å². The van der Waals surface area contributed by atoms with Gasteiger partial charge < -0.3 is 5.32 Å². The molecule has 2 heteroatoms. The van der Waals surface area contributed by atoms with Crippen molar-refractivity contribution in [2.75, 3.05) is 0 Å². The van der Waals surface area contributed by atoms with E-state index in [0.29, 0.717) is 17.5 Å². The van der Waals surface area contributed by atoms with Crippen molar-refractivity contribution in [2.45, 2.75) is 53.1 Å². The molecule has 0 amide bonds. The van der Waals surface area contributed by atoms with Gasteiger partial charge in [-0.1, -0.05) is 33.8 Å². The Labute approximate surface area is 97.9 Å². The van der Waals surface area contributed by atoms with E-state index >= 15 is 0 Å².